The Labute approximate surface area is 166 Å². The van der Waals surface area contributed by atoms with Gasteiger partial charge in [0.25, 0.3) is 0 Å². The van der Waals surface area contributed by atoms with Gasteiger partial charge in [-0.05, 0) is 55.4 Å². The molecule has 0 atom stereocenters. The van der Waals surface area contributed by atoms with Crippen LogP contribution in [0.15, 0.2) is 60.9 Å². The Balaban J connectivity index is 1.42. The lowest BCUT2D eigenvalue weighted by Crippen LogP contribution is -2.35. The lowest BCUT2D eigenvalue weighted by molar-refractivity contribution is 0.402. The number of piperidine rings is 1. The molecule has 0 saturated carbocycles. The molecule has 1 saturated heterocycles. The summed E-state index contributed by atoms with van der Waals surface area (Å²) in [5.41, 5.74) is 10.6. The number of rotatable bonds is 5. The van der Waals surface area contributed by atoms with Crippen LogP contribution in [0.5, 0.6) is 0 Å². The summed E-state index contributed by atoms with van der Waals surface area (Å²) in [7, 11) is 0. The third-order valence-corrected chi connectivity index (χ3v) is 5.42. The van der Waals surface area contributed by atoms with Gasteiger partial charge in [-0.2, -0.15) is 0 Å². The summed E-state index contributed by atoms with van der Waals surface area (Å²) in [5, 5.41) is 3.33. The quantitative estimate of drug-likeness (QED) is 0.686. The highest BCUT2D eigenvalue weighted by Gasteiger charge is 2.23. The summed E-state index contributed by atoms with van der Waals surface area (Å²) in [6, 6.07) is 18.9. The van der Waals surface area contributed by atoms with E-state index in [1.165, 1.54) is 11.1 Å². The number of anilines is 4. The molecule has 4 rings (SSSR count). The zero-order valence-electron chi connectivity index (χ0n) is 16.3. The van der Waals surface area contributed by atoms with E-state index in [0.29, 0.717) is 17.4 Å². The van der Waals surface area contributed by atoms with Crippen molar-refractivity contribution in [3.05, 3.63) is 72.1 Å². The van der Waals surface area contributed by atoms with Crippen molar-refractivity contribution in [1.82, 2.24) is 9.97 Å². The monoisotopic (exact) mass is 373 g/mol. The van der Waals surface area contributed by atoms with Gasteiger partial charge in [0.2, 0.25) is 0 Å². The molecule has 1 aliphatic heterocycles. The molecule has 28 heavy (non-hydrogen) atoms. The van der Waals surface area contributed by atoms with Crippen molar-refractivity contribution >= 4 is 23.0 Å². The van der Waals surface area contributed by atoms with E-state index in [9.17, 15) is 0 Å². The van der Waals surface area contributed by atoms with Crippen molar-refractivity contribution in [2.45, 2.75) is 26.2 Å². The Hall–Kier alpha value is -3.08. The van der Waals surface area contributed by atoms with Crippen LogP contribution in [-0.2, 0) is 6.42 Å². The van der Waals surface area contributed by atoms with Gasteiger partial charge in [0.15, 0.2) is 11.6 Å². The van der Waals surface area contributed by atoms with Crippen LogP contribution in [0.4, 0.5) is 23.0 Å². The van der Waals surface area contributed by atoms with Crippen molar-refractivity contribution in [3.8, 4) is 0 Å². The van der Waals surface area contributed by atoms with Gasteiger partial charge in [-0.25, -0.2) is 9.97 Å². The minimum absolute atomic E-state index is 0.616. The fraction of sp³-hybridized carbons (Fsp3) is 0.304. The molecule has 2 heterocycles. The molecule has 0 radical (unpaired) electrons. The predicted molar refractivity (Wildman–Crippen MR) is 116 cm³/mol. The van der Waals surface area contributed by atoms with Gasteiger partial charge in [-0.3, -0.25) is 0 Å². The fourth-order valence-electron chi connectivity index (χ4n) is 3.89. The fourth-order valence-corrected chi connectivity index (χ4v) is 3.89. The molecule has 0 bridgehead atoms. The lowest BCUT2D eigenvalue weighted by Gasteiger charge is -2.33. The zero-order valence-corrected chi connectivity index (χ0v) is 16.3. The van der Waals surface area contributed by atoms with Crippen molar-refractivity contribution in [1.29, 1.82) is 0 Å². The third-order valence-electron chi connectivity index (χ3n) is 5.42. The number of hydrogen-bond donors (Lipinski definition) is 2. The number of nitrogens with two attached hydrogens (primary N) is 1. The number of benzene rings is 2. The highest BCUT2D eigenvalue weighted by molar-refractivity contribution is 5.78. The molecule has 1 aliphatic rings. The first kappa shape index (κ1) is 18.3. The van der Waals surface area contributed by atoms with Gasteiger partial charge in [-0.1, -0.05) is 42.5 Å². The van der Waals surface area contributed by atoms with Crippen LogP contribution in [0.3, 0.4) is 0 Å². The van der Waals surface area contributed by atoms with Crippen LogP contribution < -0.4 is 16.0 Å². The van der Waals surface area contributed by atoms with Gasteiger partial charge in [-0.15, -0.1) is 0 Å². The molecule has 3 aromatic rings. The summed E-state index contributed by atoms with van der Waals surface area (Å²) in [4.78, 5) is 11.1. The van der Waals surface area contributed by atoms with E-state index in [1.54, 1.807) is 6.33 Å². The summed E-state index contributed by atoms with van der Waals surface area (Å²) in [6.45, 7) is 4.02. The third kappa shape index (κ3) is 4.25. The van der Waals surface area contributed by atoms with Gasteiger partial charge < -0.3 is 16.0 Å². The van der Waals surface area contributed by atoms with Crippen molar-refractivity contribution in [2.24, 2.45) is 5.92 Å². The Bertz CT molecular complexity index is 917. The first-order chi connectivity index (χ1) is 13.7. The second-order valence-corrected chi connectivity index (χ2v) is 7.57. The Morgan fingerprint density at radius 2 is 1.82 bits per heavy atom. The Kier molecular flexibility index (Phi) is 5.42. The van der Waals surface area contributed by atoms with Gasteiger partial charge in [0.05, 0.1) is 0 Å². The molecular formula is C23H27N5. The van der Waals surface area contributed by atoms with Crippen LogP contribution in [0.25, 0.3) is 0 Å². The summed E-state index contributed by atoms with van der Waals surface area (Å²) >= 11 is 0. The molecule has 2 aromatic carbocycles. The number of aromatic nitrogens is 2. The van der Waals surface area contributed by atoms with E-state index in [-0.39, 0.29) is 0 Å². The van der Waals surface area contributed by atoms with Crippen molar-refractivity contribution in [2.75, 3.05) is 29.0 Å². The molecule has 0 spiro atoms. The average molecular weight is 374 g/mol. The maximum atomic E-state index is 6.43. The number of aryl methyl sites for hydroxylation is 1. The predicted octanol–water partition coefficient (Wildman–Crippen LogP) is 4.57. The zero-order chi connectivity index (χ0) is 19.3. The molecule has 144 valence electrons. The molecule has 0 aliphatic carbocycles. The molecule has 5 heteroatoms. The van der Waals surface area contributed by atoms with E-state index in [4.69, 9.17) is 5.73 Å². The minimum atomic E-state index is 0.616. The van der Waals surface area contributed by atoms with Gasteiger partial charge >= 0.3 is 0 Å². The Morgan fingerprint density at radius 3 is 2.57 bits per heavy atom. The topological polar surface area (TPSA) is 67.1 Å². The standard InChI is InChI=1S/C23H27N5/c1-17-6-5-9-20(14-17)27-22-21(24)23(26-16-25-22)28-12-10-19(11-13-28)15-18-7-3-2-4-8-18/h2-9,14,16,19H,10-13,15,24H2,1H3,(H,25,26,27). The minimum Gasteiger partial charge on any atom is -0.393 e. The van der Waals surface area contributed by atoms with E-state index in [0.717, 1.165) is 43.9 Å². The van der Waals surface area contributed by atoms with Gasteiger partial charge in [0.1, 0.15) is 12.0 Å². The van der Waals surface area contributed by atoms with E-state index in [1.807, 2.05) is 12.1 Å². The SMILES string of the molecule is Cc1cccc(Nc2ncnc(N3CCC(Cc4ccccc4)CC3)c2N)c1. The lowest BCUT2D eigenvalue weighted by atomic mass is 9.90. The largest absolute Gasteiger partial charge is 0.393 e. The van der Waals surface area contributed by atoms with Crippen LogP contribution in [0.2, 0.25) is 0 Å². The van der Waals surface area contributed by atoms with Crippen molar-refractivity contribution in [3.63, 3.8) is 0 Å². The van der Waals surface area contributed by atoms with Crippen LogP contribution in [-0.4, -0.2) is 23.1 Å². The maximum absolute atomic E-state index is 6.43. The van der Waals surface area contributed by atoms with E-state index < -0.39 is 0 Å². The van der Waals surface area contributed by atoms with Gasteiger partial charge in [0, 0.05) is 18.8 Å². The normalized spacial score (nSPS) is 14.8. The second-order valence-electron chi connectivity index (χ2n) is 7.57. The van der Waals surface area contributed by atoms with Crippen molar-refractivity contribution < 1.29 is 0 Å². The highest BCUT2D eigenvalue weighted by Crippen LogP contribution is 2.32. The molecule has 3 N–H and O–H groups in total. The van der Waals surface area contributed by atoms with Crippen LogP contribution in [0.1, 0.15) is 24.0 Å². The second kappa shape index (κ2) is 8.30. The smallest absolute Gasteiger partial charge is 0.159 e. The summed E-state index contributed by atoms with van der Waals surface area (Å²) < 4.78 is 0. The maximum Gasteiger partial charge on any atom is 0.159 e. The average Bonchev–Trinajstić information content (AvgIpc) is 2.71. The summed E-state index contributed by atoms with van der Waals surface area (Å²) in [5.74, 6) is 2.22. The number of nitrogens with zero attached hydrogens (tertiary/aromatic N) is 3. The molecule has 5 nitrogen and oxygen atoms in total. The number of nitrogens with one attached hydrogen (secondary N) is 1. The van der Waals surface area contributed by atoms with Crippen LogP contribution >= 0.6 is 0 Å². The number of hydrogen-bond acceptors (Lipinski definition) is 5. The molecule has 1 aromatic heterocycles. The Morgan fingerprint density at radius 1 is 1.04 bits per heavy atom. The first-order valence-corrected chi connectivity index (χ1v) is 9.92. The van der Waals surface area contributed by atoms with Crippen LogP contribution in [0, 0.1) is 12.8 Å². The van der Waals surface area contributed by atoms with E-state index in [2.05, 4.69) is 69.6 Å². The first-order valence-electron chi connectivity index (χ1n) is 9.92. The molecule has 1 fully saturated rings. The molecule has 0 amide bonds. The van der Waals surface area contributed by atoms with E-state index >= 15 is 0 Å². The number of nitrogen functional groups attached to an aromatic ring is 1. The summed E-state index contributed by atoms with van der Waals surface area (Å²) in [6.07, 6.45) is 5.05. The molecular weight excluding hydrogens is 346 g/mol. The highest BCUT2D eigenvalue weighted by atomic mass is 15.2. The molecule has 0 unspecified atom stereocenters.